The molecule has 0 atom stereocenters. The van der Waals surface area contributed by atoms with Gasteiger partial charge in [0.1, 0.15) is 11.4 Å². The van der Waals surface area contributed by atoms with Gasteiger partial charge in [-0.1, -0.05) is 5.21 Å². The van der Waals surface area contributed by atoms with Crippen molar-refractivity contribution in [1.82, 2.24) is 25.0 Å². The molecule has 2 aromatic rings. The fraction of sp³-hybridized carbons (Fsp3) is 0.143. The number of halogens is 1. The zero-order valence-corrected chi connectivity index (χ0v) is 8.93. The van der Waals surface area contributed by atoms with Crippen LogP contribution < -0.4 is 5.73 Å². The lowest BCUT2D eigenvalue weighted by Crippen LogP contribution is -2.01. The molecule has 2 aromatic heterocycles. The Labute approximate surface area is 88.3 Å². The molecule has 2 N–H and O–H groups in total. The van der Waals surface area contributed by atoms with Crippen LogP contribution in [0.25, 0.3) is 11.4 Å². The van der Waals surface area contributed by atoms with Crippen LogP contribution in [0, 0.1) is 0 Å². The SMILES string of the molecule is Cn1nnc(Br)c1-c1nccnc1N. The quantitative estimate of drug-likeness (QED) is 0.807. The molecule has 2 rings (SSSR count). The second kappa shape index (κ2) is 3.33. The maximum absolute atomic E-state index is 5.69. The molecule has 14 heavy (non-hydrogen) atoms. The van der Waals surface area contributed by atoms with Crippen LogP contribution in [0.5, 0.6) is 0 Å². The third kappa shape index (κ3) is 1.35. The van der Waals surface area contributed by atoms with Crippen LogP contribution >= 0.6 is 15.9 Å². The first-order valence-corrected chi connectivity index (χ1v) is 4.61. The molecule has 0 radical (unpaired) electrons. The molecule has 0 aliphatic rings. The van der Waals surface area contributed by atoms with Gasteiger partial charge >= 0.3 is 0 Å². The van der Waals surface area contributed by atoms with Crippen LogP contribution in [0.4, 0.5) is 5.82 Å². The van der Waals surface area contributed by atoms with E-state index in [-0.39, 0.29) is 0 Å². The van der Waals surface area contributed by atoms with Gasteiger partial charge in [0.25, 0.3) is 0 Å². The highest BCUT2D eigenvalue weighted by molar-refractivity contribution is 9.10. The Balaban J connectivity index is 2.66. The van der Waals surface area contributed by atoms with E-state index in [4.69, 9.17) is 5.73 Å². The molecule has 0 amide bonds. The van der Waals surface area contributed by atoms with Gasteiger partial charge in [0, 0.05) is 19.4 Å². The number of rotatable bonds is 1. The van der Waals surface area contributed by atoms with E-state index in [1.807, 2.05) is 0 Å². The van der Waals surface area contributed by atoms with E-state index in [1.54, 1.807) is 17.9 Å². The molecule has 0 saturated heterocycles. The Hall–Kier alpha value is -1.50. The molecule has 2 heterocycles. The summed E-state index contributed by atoms with van der Waals surface area (Å²) < 4.78 is 2.19. The van der Waals surface area contributed by atoms with Crippen molar-refractivity contribution in [3.63, 3.8) is 0 Å². The zero-order valence-electron chi connectivity index (χ0n) is 7.35. The number of hydrogen-bond donors (Lipinski definition) is 1. The standard InChI is InChI=1S/C7H7BrN6/c1-14-5(6(8)12-13-14)4-7(9)11-3-2-10-4/h2-3H,1H3,(H2,9,11). The number of aryl methyl sites for hydroxylation is 1. The maximum Gasteiger partial charge on any atom is 0.158 e. The maximum atomic E-state index is 5.69. The highest BCUT2D eigenvalue weighted by Crippen LogP contribution is 2.26. The molecule has 0 fully saturated rings. The first kappa shape index (κ1) is 9.07. The van der Waals surface area contributed by atoms with Gasteiger partial charge < -0.3 is 5.73 Å². The van der Waals surface area contributed by atoms with Crippen molar-refractivity contribution in [2.45, 2.75) is 0 Å². The van der Waals surface area contributed by atoms with Gasteiger partial charge in [-0.3, -0.25) is 0 Å². The molecular formula is C7H7BrN6. The Bertz CT molecular complexity index is 445. The lowest BCUT2D eigenvalue weighted by molar-refractivity contribution is 0.718. The van der Waals surface area contributed by atoms with Gasteiger partial charge in [0.05, 0.1) is 0 Å². The fourth-order valence-electron chi connectivity index (χ4n) is 1.11. The molecule has 0 aliphatic carbocycles. The van der Waals surface area contributed by atoms with Crippen molar-refractivity contribution in [1.29, 1.82) is 0 Å². The molecular weight excluding hydrogens is 248 g/mol. The zero-order chi connectivity index (χ0) is 10.1. The topological polar surface area (TPSA) is 82.5 Å². The Morgan fingerprint density at radius 1 is 1.36 bits per heavy atom. The highest BCUT2D eigenvalue weighted by Gasteiger charge is 2.14. The minimum atomic E-state index is 0.360. The van der Waals surface area contributed by atoms with Crippen molar-refractivity contribution < 1.29 is 0 Å². The minimum absolute atomic E-state index is 0.360. The lowest BCUT2D eigenvalue weighted by Gasteiger charge is -2.02. The van der Waals surface area contributed by atoms with E-state index >= 15 is 0 Å². The van der Waals surface area contributed by atoms with E-state index in [0.29, 0.717) is 16.1 Å². The molecule has 0 aliphatic heterocycles. The summed E-state index contributed by atoms with van der Waals surface area (Å²) in [6.07, 6.45) is 3.11. The van der Waals surface area contributed by atoms with Crippen molar-refractivity contribution in [2.75, 3.05) is 5.73 Å². The molecule has 0 saturated carbocycles. The van der Waals surface area contributed by atoms with E-state index in [9.17, 15) is 0 Å². The van der Waals surface area contributed by atoms with Crippen molar-refractivity contribution in [2.24, 2.45) is 7.05 Å². The second-order valence-electron chi connectivity index (χ2n) is 2.64. The Morgan fingerprint density at radius 3 is 2.64 bits per heavy atom. The average molecular weight is 255 g/mol. The predicted octanol–water partition coefficient (Wildman–Crippen LogP) is 0.617. The first-order valence-electron chi connectivity index (χ1n) is 3.82. The normalized spacial score (nSPS) is 10.4. The number of aromatic nitrogens is 5. The summed E-state index contributed by atoms with van der Waals surface area (Å²) in [5.74, 6) is 0.360. The van der Waals surface area contributed by atoms with Gasteiger partial charge in [-0.25, -0.2) is 14.6 Å². The summed E-state index contributed by atoms with van der Waals surface area (Å²) in [4.78, 5) is 8.07. The van der Waals surface area contributed by atoms with Crippen molar-refractivity contribution in [3.05, 3.63) is 17.0 Å². The van der Waals surface area contributed by atoms with E-state index in [1.165, 1.54) is 6.20 Å². The van der Waals surface area contributed by atoms with Crippen LogP contribution in [0.1, 0.15) is 0 Å². The van der Waals surface area contributed by atoms with Crippen LogP contribution in [0.2, 0.25) is 0 Å². The summed E-state index contributed by atoms with van der Waals surface area (Å²) in [7, 11) is 1.77. The number of anilines is 1. The van der Waals surface area contributed by atoms with Gasteiger partial charge in [-0.15, -0.1) is 5.10 Å². The molecule has 0 bridgehead atoms. The summed E-state index contributed by atoms with van der Waals surface area (Å²) in [5, 5.41) is 7.67. The second-order valence-corrected chi connectivity index (χ2v) is 3.39. The number of nitrogen functional groups attached to an aromatic ring is 1. The minimum Gasteiger partial charge on any atom is -0.382 e. The van der Waals surface area contributed by atoms with E-state index < -0.39 is 0 Å². The van der Waals surface area contributed by atoms with Gasteiger partial charge in [-0.2, -0.15) is 0 Å². The number of hydrogen-bond acceptors (Lipinski definition) is 5. The lowest BCUT2D eigenvalue weighted by atomic mass is 10.3. The van der Waals surface area contributed by atoms with Gasteiger partial charge in [-0.05, 0) is 15.9 Å². The van der Waals surface area contributed by atoms with Gasteiger partial charge in [0.15, 0.2) is 10.4 Å². The van der Waals surface area contributed by atoms with E-state index in [2.05, 4.69) is 36.2 Å². The molecule has 0 aromatic carbocycles. The van der Waals surface area contributed by atoms with Crippen LogP contribution in [0.3, 0.4) is 0 Å². The molecule has 6 nitrogen and oxygen atoms in total. The highest BCUT2D eigenvalue weighted by atomic mass is 79.9. The number of nitrogens with zero attached hydrogens (tertiary/aromatic N) is 5. The summed E-state index contributed by atoms with van der Waals surface area (Å²) in [5.41, 5.74) is 6.98. The molecule has 7 heteroatoms. The Morgan fingerprint density at radius 2 is 2.07 bits per heavy atom. The summed E-state index contributed by atoms with van der Waals surface area (Å²) >= 11 is 3.27. The van der Waals surface area contributed by atoms with Crippen molar-refractivity contribution >= 4 is 21.7 Å². The smallest absolute Gasteiger partial charge is 0.158 e. The largest absolute Gasteiger partial charge is 0.382 e. The van der Waals surface area contributed by atoms with Crippen LogP contribution in [0.15, 0.2) is 17.0 Å². The summed E-state index contributed by atoms with van der Waals surface area (Å²) in [6, 6.07) is 0. The first-order chi connectivity index (χ1) is 6.70. The molecule has 72 valence electrons. The van der Waals surface area contributed by atoms with Crippen molar-refractivity contribution in [3.8, 4) is 11.4 Å². The molecule has 0 unspecified atom stereocenters. The third-order valence-corrected chi connectivity index (χ3v) is 2.27. The van der Waals surface area contributed by atoms with E-state index in [0.717, 1.165) is 5.69 Å². The van der Waals surface area contributed by atoms with Crippen LogP contribution in [-0.4, -0.2) is 25.0 Å². The van der Waals surface area contributed by atoms with Crippen LogP contribution in [-0.2, 0) is 7.05 Å². The summed E-state index contributed by atoms with van der Waals surface area (Å²) in [6.45, 7) is 0. The fourth-order valence-corrected chi connectivity index (χ4v) is 1.63. The van der Waals surface area contributed by atoms with Gasteiger partial charge in [0.2, 0.25) is 0 Å². The monoisotopic (exact) mass is 254 g/mol. The molecule has 0 spiro atoms. The third-order valence-electron chi connectivity index (χ3n) is 1.74. The predicted molar refractivity (Wildman–Crippen MR) is 54.1 cm³/mol. The average Bonchev–Trinajstić information content (AvgIpc) is 2.48. The Kier molecular flexibility index (Phi) is 2.16. The number of nitrogens with two attached hydrogens (primary N) is 1.